The van der Waals surface area contributed by atoms with Gasteiger partial charge in [-0.25, -0.2) is 0 Å². The Hall–Kier alpha value is -2.05. The summed E-state index contributed by atoms with van der Waals surface area (Å²) in [5.41, 5.74) is 1.27. The molecule has 1 aliphatic rings. The second-order valence-electron chi connectivity index (χ2n) is 7.32. The number of para-hydroxylation sites is 1. The Morgan fingerprint density at radius 3 is 2.96 bits per heavy atom. The first kappa shape index (κ1) is 19.7. The Bertz CT molecular complexity index is 735. The average Bonchev–Trinajstić information content (AvgIpc) is 3.31. The van der Waals surface area contributed by atoms with Crippen LogP contribution in [0.15, 0.2) is 41.5 Å². The molecule has 148 valence electrons. The Morgan fingerprint density at radius 1 is 1.30 bits per heavy atom. The molecule has 1 aromatic carbocycles. The van der Waals surface area contributed by atoms with Crippen molar-refractivity contribution >= 4 is 16.9 Å². The molecule has 3 rings (SSSR count). The van der Waals surface area contributed by atoms with Crippen molar-refractivity contribution in [2.75, 3.05) is 39.5 Å². The van der Waals surface area contributed by atoms with Crippen molar-refractivity contribution in [3.63, 3.8) is 0 Å². The fraction of sp³-hybridized carbons (Fsp3) is 0.571. The van der Waals surface area contributed by atoms with Gasteiger partial charge in [0.2, 0.25) is 0 Å². The predicted molar refractivity (Wildman–Crippen MR) is 110 cm³/mol. The zero-order chi connectivity index (χ0) is 19.0. The number of aliphatic hydroxyl groups excluding tert-OH is 1. The van der Waals surface area contributed by atoms with E-state index in [1.54, 1.807) is 0 Å². The van der Waals surface area contributed by atoms with Crippen LogP contribution < -0.4 is 10.6 Å². The molecule has 2 aromatic rings. The molecule has 0 spiro atoms. The van der Waals surface area contributed by atoms with Crippen LogP contribution in [0.2, 0.25) is 0 Å². The molecule has 1 aliphatic heterocycles. The van der Waals surface area contributed by atoms with Crippen LogP contribution in [-0.2, 0) is 11.3 Å². The monoisotopic (exact) mass is 372 g/mol. The zero-order valence-electron chi connectivity index (χ0n) is 16.3. The molecule has 0 bridgehead atoms. The van der Waals surface area contributed by atoms with Gasteiger partial charge in [0.1, 0.15) is 0 Å². The van der Waals surface area contributed by atoms with Crippen molar-refractivity contribution in [3.05, 3.63) is 36.5 Å². The van der Waals surface area contributed by atoms with Gasteiger partial charge in [-0.2, -0.15) is 0 Å². The molecule has 1 atom stereocenters. The first-order valence-corrected chi connectivity index (χ1v) is 10.0. The molecule has 0 radical (unpaired) electrons. The lowest BCUT2D eigenvalue weighted by Crippen LogP contribution is -2.39. The van der Waals surface area contributed by atoms with Crippen LogP contribution in [0.25, 0.3) is 10.9 Å². The number of hydrogen-bond acceptors (Lipinski definition) is 3. The Labute approximate surface area is 161 Å². The van der Waals surface area contributed by atoms with Crippen LogP contribution in [0.1, 0.15) is 26.2 Å². The fourth-order valence-corrected chi connectivity index (χ4v) is 3.67. The van der Waals surface area contributed by atoms with Gasteiger partial charge in [-0.1, -0.05) is 18.2 Å². The molecule has 1 unspecified atom stereocenters. The number of ether oxygens (including phenoxy) is 1. The maximum absolute atomic E-state index is 9.36. The SMILES string of the molecule is CCNC(=NCC1(CCO)CCOC1)NCCCn1ccc2ccccc21. The van der Waals surface area contributed by atoms with Crippen LogP contribution in [0.3, 0.4) is 0 Å². The maximum Gasteiger partial charge on any atom is 0.191 e. The van der Waals surface area contributed by atoms with Crippen molar-refractivity contribution in [1.29, 1.82) is 0 Å². The first-order valence-electron chi connectivity index (χ1n) is 10.0. The highest BCUT2D eigenvalue weighted by molar-refractivity contribution is 5.80. The summed E-state index contributed by atoms with van der Waals surface area (Å²) in [7, 11) is 0. The molecule has 1 aromatic heterocycles. The number of hydrogen-bond donors (Lipinski definition) is 3. The fourth-order valence-electron chi connectivity index (χ4n) is 3.67. The number of aryl methyl sites for hydroxylation is 1. The summed E-state index contributed by atoms with van der Waals surface area (Å²) in [6, 6.07) is 10.6. The van der Waals surface area contributed by atoms with Gasteiger partial charge >= 0.3 is 0 Å². The second kappa shape index (κ2) is 9.76. The van der Waals surface area contributed by atoms with Gasteiger partial charge in [0.05, 0.1) is 13.2 Å². The minimum Gasteiger partial charge on any atom is -0.396 e. The number of guanidine groups is 1. The summed E-state index contributed by atoms with van der Waals surface area (Å²) in [6.07, 6.45) is 4.89. The molecule has 6 heteroatoms. The normalized spacial score (nSPS) is 20.3. The molecule has 0 saturated carbocycles. The first-order chi connectivity index (χ1) is 13.3. The lowest BCUT2D eigenvalue weighted by molar-refractivity contribution is 0.131. The van der Waals surface area contributed by atoms with Gasteiger partial charge in [0.25, 0.3) is 0 Å². The standard InChI is InChI=1S/C21H32N4O2/c1-2-22-20(24-16-21(9-14-26)10-15-27-17-21)23-11-5-12-25-13-8-18-6-3-4-7-19(18)25/h3-4,6-8,13,26H,2,5,9-12,14-17H2,1H3,(H2,22,23,24). The minimum atomic E-state index is -0.0127. The van der Waals surface area contributed by atoms with E-state index in [9.17, 15) is 5.11 Å². The number of aliphatic hydroxyl groups is 1. The highest BCUT2D eigenvalue weighted by atomic mass is 16.5. The van der Waals surface area contributed by atoms with Gasteiger partial charge in [-0.15, -0.1) is 0 Å². The molecular formula is C21H32N4O2. The van der Waals surface area contributed by atoms with Crippen molar-refractivity contribution in [2.24, 2.45) is 10.4 Å². The van der Waals surface area contributed by atoms with E-state index >= 15 is 0 Å². The summed E-state index contributed by atoms with van der Waals surface area (Å²) in [4.78, 5) is 4.77. The van der Waals surface area contributed by atoms with Gasteiger partial charge in [0.15, 0.2) is 5.96 Å². The topological polar surface area (TPSA) is 70.8 Å². The summed E-state index contributed by atoms with van der Waals surface area (Å²) >= 11 is 0. The largest absolute Gasteiger partial charge is 0.396 e. The van der Waals surface area contributed by atoms with Gasteiger partial charge in [0, 0.05) is 50.0 Å². The number of aliphatic imine (C=N–C) groups is 1. The van der Waals surface area contributed by atoms with E-state index in [2.05, 4.69) is 58.7 Å². The lowest BCUT2D eigenvalue weighted by Gasteiger charge is -2.24. The summed E-state index contributed by atoms with van der Waals surface area (Å²) in [5, 5.41) is 17.4. The Balaban J connectivity index is 1.50. The third-order valence-electron chi connectivity index (χ3n) is 5.29. The number of benzene rings is 1. The smallest absolute Gasteiger partial charge is 0.191 e. The lowest BCUT2D eigenvalue weighted by atomic mass is 9.84. The number of aromatic nitrogens is 1. The van der Waals surface area contributed by atoms with Crippen molar-refractivity contribution in [2.45, 2.75) is 32.7 Å². The number of nitrogens with zero attached hydrogens (tertiary/aromatic N) is 2. The average molecular weight is 373 g/mol. The van der Waals surface area contributed by atoms with E-state index < -0.39 is 0 Å². The van der Waals surface area contributed by atoms with Crippen LogP contribution >= 0.6 is 0 Å². The highest BCUT2D eigenvalue weighted by Gasteiger charge is 2.34. The molecule has 0 amide bonds. The van der Waals surface area contributed by atoms with E-state index in [4.69, 9.17) is 9.73 Å². The molecule has 0 aliphatic carbocycles. The van der Waals surface area contributed by atoms with E-state index in [0.717, 1.165) is 51.5 Å². The van der Waals surface area contributed by atoms with Crippen LogP contribution in [-0.4, -0.2) is 55.1 Å². The van der Waals surface area contributed by atoms with Crippen molar-refractivity contribution in [3.8, 4) is 0 Å². The van der Waals surface area contributed by atoms with E-state index in [1.165, 1.54) is 10.9 Å². The quantitative estimate of drug-likeness (QED) is 0.359. The molecule has 6 nitrogen and oxygen atoms in total. The highest BCUT2D eigenvalue weighted by Crippen LogP contribution is 2.32. The van der Waals surface area contributed by atoms with E-state index in [0.29, 0.717) is 13.2 Å². The van der Waals surface area contributed by atoms with E-state index in [1.807, 2.05) is 0 Å². The van der Waals surface area contributed by atoms with Crippen molar-refractivity contribution < 1.29 is 9.84 Å². The third-order valence-corrected chi connectivity index (χ3v) is 5.29. The van der Waals surface area contributed by atoms with E-state index in [-0.39, 0.29) is 12.0 Å². The molecular weight excluding hydrogens is 340 g/mol. The Morgan fingerprint density at radius 2 is 2.19 bits per heavy atom. The van der Waals surface area contributed by atoms with Gasteiger partial charge < -0.3 is 25.0 Å². The van der Waals surface area contributed by atoms with Gasteiger partial charge in [-0.05, 0) is 43.7 Å². The molecule has 1 fully saturated rings. The molecule has 1 saturated heterocycles. The van der Waals surface area contributed by atoms with Crippen LogP contribution in [0.5, 0.6) is 0 Å². The summed E-state index contributed by atoms with van der Waals surface area (Å²) < 4.78 is 7.86. The third kappa shape index (κ3) is 5.23. The van der Waals surface area contributed by atoms with Crippen LogP contribution in [0.4, 0.5) is 0 Å². The molecule has 2 heterocycles. The minimum absolute atomic E-state index is 0.0127. The second-order valence-corrected chi connectivity index (χ2v) is 7.32. The van der Waals surface area contributed by atoms with Crippen molar-refractivity contribution in [1.82, 2.24) is 15.2 Å². The van der Waals surface area contributed by atoms with Crippen LogP contribution in [0, 0.1) is 5.41 Å². The summed E-state index contributed by atoms with van der Waals surface area (Å²) in [6.45, 7) is 7.08. The molecule has 27 heavy (non-hydrogen) atoms. The van der Waals surface area contributed by atoms with Gasteiger partial charge in [-0.3, -0.25) is 4.99 Å². The Kier molecular flexibility index (Phi) is 7.12. The molecule has 3 N–H and O–H groups in total. The number of nitrogens with one attached hydrogen (secondary N) is 2. The zero-order valence-corrected chi connectivity index (χ0v) is 16.3. The number of rotatable bonds is 9. The summed E-state index contributed by atoms with van der Waals surface area (Å²) in [5.74, 6) is 0.846. The number of fused-ring (bicyclic) bond motifs is 1. The predicted octanol–water partition coefficient (Wildman–Crippen LogP) is 2.38. The maximum atomic E-state index is 9.36.